The van der Waals surface area contributed by atoms with E-state index >= 15 is 0 Å². The molecule has 1 aliphatic carbocycles. The zero-order valence-electron chi connectivity index (χ0n) is 21.3. The van der Waals surface area contributed by atoms with Crippen LogP contribution in [0.25, 0.3) is 0 Å². The smallest absolute Gasteiger partial charge is 0.335 e. The Morgan fingerprint density at radius 2 is 1.94 bits per heavy atom. The summed E-state index contributed by atoms with van der Waals surface area (Å²) in [5.74, 6) is 1.50. The van der Waals surface area contributed by atoms with Crippen LogP contribution in [-0.2, 0) is 14.9 Å². The molecule has 0 unspecified atom stereocenters. The van der Waals surface area contributed by atoms with Crippen LogP contribution in [0.4, 0.5) is 5.69 Å². The van der Waals surface area contributed by atoms with Gasteiger partial charge in [-0.25, -0.2) is 4.79 Å². The third-order valence-electron chi connectivity index (χ3n) is 8.86. The van der Waals surface area contributed by atoms with Crippen molar-refractivity contribution in [3.63, 3.8) is 0 Å². The Morgan fingerprint density at radius 3 is 2.66 bits per heavy atom. The Kier molecular flexibility index (Phi) is 4.95. The van der Waals surface area contributed by atoms with Gasteiger partial charge in [0.2, 0.25) is 0 Å². The number of hydrogen-bond acceptors (Lipinski definition) is 5. The molecule has 2 aromatic carbocycles. The summed E-state index contributed by atoms with van der Waals surface area (Å²) in [6, 6.07) is 11.1. The molecule has 1 spiro atoms. The topological polar surface area (TPSA) is 50.8 Å². The molecule has 2 aromatic rings. The standard InChI is InChI=1S/C30H34N2O3/c1-6-29-10-7-12-32-13-11-30(28(29)32)23-9-8-21(35-25-19(3)14-18(2)15-20(25)4)16-24(23)31-26(30)22(17-29)27(33)34-5/h7-10,14-16,28,31H,6,11-13,17H2,1-5H3/t28-,29-,30-/m0/s1. The second-order valence-corrected chi connectivity index (χ2v) is 10.8. The molecule has 3 atom stereocenters. The molecule has 0 amide bonds. The van der Waals surface area contributed by atoms with E-state index in [4.69, 9.17) is 9.47 Å². The number of rotatable bonds is 4. The minimum Gasteiger partial charge on any atom is -0.466 e. The second kappa shape index (κ2) is 7.72. The van der Waals surface area contributed by atoms with Crippen LogP contribution in [0.1, 0.15) is 48.4 Å². The average Bonchev–Trinajstić information content (AvgIpc) is 3.40. The molecular weight excluding hydrogens is 436 g/mol. The average molecular weight is 471 g/mol. The Bertz CT molecular complexity index is 1290. The third-order valence-corrected chi connectivity index (χ3v) is 8.86. The predicted molar refractivity (Wildman–Crippen MR) is 138 cm³/mol. The first kappa shape index (κ1) is 22.4. The van der Waals surface area contributed by atoms with Gasteiger partial charge in [-0.2, -0.15) is 0 Å². The van der Waals surface area contributed by atoms with Gasteiger partial charge in [-0.05, 0) is 62.8 Å². The van der Waals surface area contributed by atoms with E-state index in [9.17, 15) is 4.79 Å². The summed E-state index contributed by atoms with van der Waals surface area (Å²) >= 11 is 0. The maximum atomic E-state index is 13.1. The number of carbonyl (C=O) groups is 1. The molecule has 0 radical (unpaired) electrons. The number of ether oxygens (including phenoxy) is 2. The molecule has 4 aliphatic rings. The van der Waals surface area contributed by atoms with Crippen molar-refractivity contribution in [1.82, 2.24) is 4.90 Å². The largest absolute Gasteiger partial charge is 0.466 e. The summed E-state index contributed by atoms with van der Waals surface area (Å²) in [5, 5.41) is 3.71. The quantitative estimate of drug-likeness (QED) is 0.443. The van der Waals surface area contributed by atoms with E-state index in [1.54, 1.807) is 0 Å². The van der Waals surface area contributed by atoms with Crippen molar-refractivity contribution in [2.45, 2.75) is 58.4 Å². The van der Waals surface area contributed by atoms with Crippen LogP contribution in [0.2, 0.25) is 0 Å². The number of nitrogens with one attached hydrogen (secondary N) is 1. The summed E-state index contributed by atoms with van der Waals surface area (Å²) in [6.45, 7) is 10.5. The van der Waals surface area contributed by atoms with Crippen molar-refractivity contribution in [2.75, 3.05) is 25.5 Å². The van der Waals surface area contributed by atoms with Crippen LogP contribution in [0.5, 0.6) is 11.5 Å². The van der Waals surface area contributed by atoms with Crippen LogP contribution in [-0.4, -0.2) is 37.1 Å². The molecule has 1 fully saturated rings. The van der Waals surface area contributed by atoms with Crippen LogP contribution in [0, 0.1) is 26.2 Å². The zero-order valence-corrected chi connectivity index (χ0v) is 21.3. The summed E-state index contributed by atoms with van der Waals surface area (Å²) in [7, 11) is 1.49. The highest BCUT2D eigenvalue weighted by Gasteiger charge is 2.65. The number of fused-ring (bicyclic) bond motifs is 1. The van der Waals surface area contributed by atoms with E-state index in [2.05, 4.69) is 80.4 Å². The van der Waals surface area contributed by atoms with Gasteiger partial charge in [-0.15, -0.1) is 0 Å². The molecule has 1 N–H and O–H groups in total. The fourth-order valence-corrected chi connectivity index (χ4v) is 7.56. The predicted octanol–water partition coefficient (Wildman–Crippen LogP) is 5.94. The Labute approximate surface area is 207 Å². The lowest BCUT2D eigenvalue weighted by Gasteiger charge is -2.53. The van der Waals surface area contributed by atoms with E-state index in [1.165, 1.54) is 18.2 Å². The van der Waals surface area contributed by atoms with Gasteiger partial charge in [0.05, 0.1) is 18.1 Å². The van der Waals surface area contributed by atoms with Crippen LogP contribution in [0.3, 0.4) is 0 Å². The minimum atomic E-state index is -0.230. The van der Waals surface area contributed by atoms with Gasteiger partial charge in [0.25, 0.3) is 0 Å². The van der Waals surface area contributed by atoms with Gasteiger partial charge < -0.3 is 14.8 Å². The van der Waals surface area contributed by atoms with Crippen molar-refractivity contribution in [3.05, 3.63) is 76.0 Å². The molecule has 5 nitrogen and oxygen atoms in total. The van der Waals surface area contributed by atoms with Gasteiger partial charge in [0.1, 0.15) is 11.5 Å². The monoisotopic (exact) mass is 470 g/mol. The number of carbonyl (C=O) groups excluding carboxylic acids is 1. The molecule has 1 saturated heterocycles. The molecule has 0 aromatic heterocycles. The minimum absolute atomic E-state index is 0.0731. The molecule has 0 saturated carbocycles. The number of nitrogens with zero attached hydrogens (tertiary/aromatic N) is 1. The highest BCUT2D eigenvalue weighted by molar-refractivity contribution is 5.93. The van der Waals surface area contributed by atoms with E-state index in [0.717, 1.165) is 65.5 Å². The zero-order chi connectivity index (χ0) is 24.5. The number of anilines is 1. The van der Waals surface area contributed by atoms with Crippen molar-refractivity contribution in [3.8, 4) is 11.5 Å². The summed E-state index contributed by atoms with van der Waals surface area (Å²) in [5.41, 5.74) is 7.36. The number of hydrogen-bond donors (Lipinski definition) is 1. The highest BCUT2D eigenvalue weighted by atomic mass is 16.5. The van der Waals surface area contributed by atoms with Crippen molar-refractivity contribution in [2.24, 2.45) is 5.41 Å². The lowest BCUT2D eigenvalue weighted by atomic mass is 9.55. The molecule has 3 aliphatic heterocycles. The first-order valence-electron chi connectivity index (χ1n) is 12.7. The summed E-state index contributed by atoms with van der Waals surface area (Å²) < 4.78 is 11.7. The number of esters is 1. The van der Waals surface area contributed by atoms with Gasteiger partial charge in [-0.3, -0.25) is 4.90 Å². The van der Waals surface area contributed by atoms with E-state index in [1.807, 2.05) is 0 Å². The van der Waals surface area contributed by atoms with E-state index in [-0.39, 0.29) is 16.8 Å². The lowest BCUT2D eigenvalue weighted by molar-refractivity contribution is -0.137. The van der Waals surface area contributed by atoms with Gasteiger partial charge in [-0.1, -0.05) is 42.8 Å². The Morgan fingerprint density at radius 1 is 1.17 bits per heavy atom. The summed E-state index contributed by atoms with van der Waals surface area (Å²) in [4.78, 5) is 15.7. The molecule has 6 rings (SSSR count). The normalized spacial score (nSPS) is 28.3. The molecule has 182 valence electrons. The van der Waals surface area contributed by atoms with Gasteiger partial charge >= 0.3 is 5.97 Å². The Hall–Kier alpha value is -3.05. The van der Waals surface area contributed by atoms with E-state index in [0.29, 0.717) is 12.5 Å². The second-order valence-electron chi connectivity index (χ2n) is 10.8. The maximum Gasteiger partial charge on any atom is 0.335 e. The van der Waals surface area contributed by atoms with Gasteiger partial charge in [0, 0.05) is 42.0 Å². The molecule has 0 bridgehead atoms. The maximum absolute atomic E-state index is 13.1. The number of aryl methyl sites for hydroxylation is 3. The van der Waals surface area contributed by atoms with E-state index < -0.39 is 0 Å². The summed E-state index contributed by atoms with van der Waals surface area (Å²) in [6.07, 6.45) is 7.37. The Balaban J connectivity index is 1.49. The van der Waals surface area contributed by atoms with Crippen LogP contribution >= 0.6 is 0 Å². The first-order chi connectivity index (χ1) is 16.8. The number of methoxy groups -OCH3 is 1. The molecule has 35 heavy (non-hydrogen) atoms. The van der Waals surface area contributed by atoms with Crippen molar-refractivity contribution < 1.29 is 14.3 Å². The highest BCUT2D eigenvalue weighted by Crippen LogP contribution is 2.64. The fraction of sp³-hybridized carbons (Fsp3) is 0.433. The SMILES string of the molecule is CC[C@]12C=CCN3CC[C@]4(C(=C(C(=O)OC)C1)Nc1cc(Oc5c(C)cc(C)cc5C)ccc14)[C@@H]32. The number of benzene rings is 2. The van der Waals surface area contributed by atoms with Crippen LogP contribution < -0.4 is 10.1 Å². The van der Waals surface area contributed by atoms with Gasteiger partial charge in [0.15, 0.2) is 0 Å². The fourth-order valence-electron chi connectivity index (χ4n) is 7.56. The van der Waals surface area contributed by atoms with Crippen LogP contribution in [0.15, 0.2) is 53.8 Å². The first-order valence-corrected chi connectivity index (χ1v) is 12.7. The van der Waals surface area contributed by atoms with Crippen molar-refractivity contribution in [1.29, 1.82) is 0 Å². The lowest BCUT2D eigenvalue weighted by Crippen LogP contribution is -2.58. The molecule has 5 heteroatoms. The van der Waals surface area contributed by atoms with Crippen molar-refractivity contribution >= 4 is 11.7 Å². The molecular formula is C30H34N2O3. The third kappa shape index (κ3) is 3.00. The molecule has 3 heterocycles.